The van der Waals surface area contributed by atoms with Crippen molar-refractivity contribution in [1.29, 1.82) is 0 Å². The molecule has 2 unspecified atom stereocenters. The highest BCUT2D eigenvalue weighted by Gasteiger charge is 2.45. The third-order valence-electron chi connectivity index (χ3n) is 3.37. The van der Waals surface area contributed by atoms with E-state index in [1.54, 1.807) is 0 Å². The summed E-state index contributed by atoms with van der Waals surface area (Å²) in [4.78, 5) is 50.9. The number of anilines is 1. The van der Waals surface area contributed by atoms with E-state index in [0.29, 0.717) is 10.8 Å². The van der Waals surface area contributed by atoms with Gasteiger partial charge in [-0.3, -0.25) is 9.46 Å². The summed E-state index contributed by atoms with van der Waals surface area (Å²) < 4.78 is 50.8. The fourth-order valence-electron chi connectivity index (χ4n) is 2.25. The molecule has 0 aliphatic carbocycles. The lowest BCUT2D eigenvalue weighted by Crippen LogP contribution is -2.36. The van der Waals surface area contributed by atoms with Crippen LogP contribution in [0.15, 0.2) is 11.0 Å². The highest BCUT2D eigenvalue weighted by atomic mass is 31.3. The van der Waals surface area contributed by atoms with Gasteiger partial charge in [0, 0.05) is 0 Å². The third-order valence-corrected chi connectivity index (χ3v) is 7.12. The predicted octanol–water partition coefficient (Wildman–Crippen LogP) is -2.86. The third kappa shape index (κ3) is 6.15. The van der Waals surface area contributed by atoms with Crippen molar-refractivity contribution in [2.45, 2.75) is 24.5 Å². The molecule has 172 valence electrons. The van der Waals surface area contributed by atoms with Crippen LogP contribution < -0.4 is 15.9 Å². The zero-order valence-electron chi connectivity index (χ0n) is 14.3. The van der Waals surface area contributed by atoms with Gasteiger partial charge in [0.1, 0.15) is 18.3 Å². The fourth-order valence-corrected chi connectivity index (χ4v) is 5.28. The standard InChI is InChI=1S/C9H16N3O15P3/c10-7-3(25-29(20,21)27-30(22,23)26-28(17,18)19)1-12(9(16)11-7)8-6(15)5(14)4(2-13)24-8/h1,4-6,8,13-15H,2H2,(H,20,21)(H,22,23)(H2,10,11,16)(H2,17,18,19)/t4-,5-,6-,8-/m1/s1. The second kappa shape index (κ2) is 8.72. The normalized spacial score (nSPS) is 28.6. The molecule has 2 heterocycles. The summed E-state index contributed by atoms with van der Waals surface area (Å²) in [5.41, 5.74) is 4.17. The molecular formula is C9H16N3O15P3. The lowest BCUT2D eigenvalue weighted by Gasteiger charge is -2.20. The molecule has 6 atom stereocenters. The summed E-state index contributed by atoms with van der Waals surface area (Å²) in [6, 6.07) is 0. The van der Waals surface area contributed by atoms with Crippen molar-refractivity contribution in [3.05, 3.63) is 16.7 Å². The molecule has 2 rings (SSSR count). The number of hydrogen-bond acceptors (Lipinski definition) is 13. The maximum Gasteiger partial charge on any atom is 0.536 e. The first-order chi connectivity index (χ1) is 13.6. The van der Waals surface area contributed by atoms with E-state index in [-0.39, 0.29) is 0 Å². The second-order valence-electron chi connectivity index (χ2n) is 5.59. The number of aliphatic hydroxyl groups is 3. The molecule has 1 aliphatic rings. The summed E-state index contributed by atoms with van der Waals surface area (Å²) in [7, 11) is -17.1. The topological polar surface area (TPSA) is 291 Å². The minimum absolute atomic E-state index is 0.458. The largest absolute Gasteiger partial charge is 0.536 e. The smallest absolute Gasteiger partial charge is 0.398 e. The fraction of sp³-hybridized carbons (Fsp3) is 0.556. The average Bonchev–Trinajstić information content (AvgIpc) is 2.81. The van der Waals surface area contributed by atoms with E-state index in [2.05, 4.69) is 18.1 Å². The Morgan fingerprint density at radius 3 is 2.20 bits per heavy atom. The van der Waals surface area contributed by atoms with Crippen LogP contribution in [0.5, 0.6) is 5.75 Å². The van der Waals surface area contributed by atoms with Gasteiger partial charge in [0.25, 0.3) is 0 Å². The zero-order valence-corrected chi connectivity index (χ0v) is 17.0. The highest BCUT2D eigenvalue weighted by Crippen LogP contribution is 2.66. The van der Waals surface area contributed by atoms with Crippen LogP contribution in [0, 0.1) is 0 Å². The van der Waals surface area contributed by atoms with Crippen LogP contribution in [0.25, 0.3) is 0 Å². The van der Waals surface area contributed by atoms with Crippen molar-refractivity contribution in [3.8, 4) is 5.75 Å². The maximum absolute atomic E-state index is 12.0. The molecular weight excluding hydrogens is 483 g/mol. The second-order valence-corrected chi connectivity index (χ2v) is 9.94. The number of nitrogens with zero attached hydrogens (tertiary/aromatic N) is 2. The Labute approximate surface area is 165 Å². The number of aliphatic hydroxyl groups excluding tert-OH is 3. The Bertz CT molecular complexity index is 991. The summed E-state index contributed by atoms with van der Waals surface area (Å²) in [5.74, 6) is -1.78. The molecule has 0 bridgehead atoms. The van der Waals surface area contributed by atoms with Crippen LogP contribution in [0.2, 0.25) is 0 Å². The zero-order chi connectivity index (χ0) is 23.1. The van der Waals surface area contributed by atoms with E-state index in [4.69, 9.17) is 30.3 Å². The summed E-state index contributed by atoms with van der Waals surface area (Å²) in [6.45, 7) is -0.736. The van der Waals surface area contributed by atoms with E-state index >= 15 is 0 Å². The van der Waals surface area contributed by atoms with Crippen LogP contribution >= 0.6 is 23.5 Å². The van der Waals surface area contributed by atoms with Gasteiger partial charge in [0.05, 0.1) is 12.8 Å². The summed E-state index contributed by atoms with van der Waals surface area (Å²) in [6.07, 6.45) is -5.77. The minimum atomic E-state index is -5.82. The molecule has 0 spiro atoms. The van der Waals surface area contributed by atoms with Crippen LogP contribution in [-0.4, -0.2) is 69.4 Å². The number of rotatable bonds is 8. The van der Waals surface area contributed by atoms with E-state index in [1.165, 1.54) is 0 Å². The Morgan fingerprint density at radius 1 is 1.10 bits per heavy atom. The van der Waals surface area contributed by atoms with Crippen molar-refractivity contribution in [2.75, 3.05) is 12.3 Å². The molecule has 21 heteroatoms. The first kappa shape index (κ1) is 25.0. The van der Waals surface area contributed by atoms with Gasteiger partial charge in [-0.05, 0) is 0 Å². The Morgan fingerprint density at radius 2 is 1.70 bits per heavy atom. The first-order valence-corrected chi connectivity index (χ1v) is 11.9. The Hall–Kier alpha value is -1.23. The highest BCUT2D eigenvalue weighted by molar-refractivity contribution is 7.66. The quantitative estimate of drug-likeness (QED) is 0.167. The lowest BCUT2D eigenvalue weighted by atomic mass is 10.1. The average molecular weight is 499 g/mol. The SMILES string of the molecule is Nc1nc(=O)n([C@@H]2O[C@H](CO)[C@@H](O)[C@H]2O)cc1OP(=O)(O)OP(=O)(O)OP(=O)(O)O. The first-order valence-electron chi connectivity index (χ1n) is 7.40. The summed E-state index contributed by atoms with van der Waals surface area (Å²) in [5, 5.41) is 28.8. The molecule has 0 saturated carbocycles. The van der Waals surface area contributed by atoms with E-state index in [1.807, 2.05) is 0 Å². The van der Waals surface area contributed by atoms with Crippen LogP contribution in [-0.2, 0) is 27.1 Å². The van der Waals surface area contributed by atoms with Crippen molar-refractivity contribution < 1.29 is 66.5 Å². The van der Waals surface area contributed by atoms with Gasteiger partial charge in [-0.15, -0.1) is 0 Å². The molecule has 1 aliphatic heterocycles. The van der Waals surface area contributed by atoms with E-state index < -0.39 is 71.9 Å². The van der Waals surface area contributed by atoms with Gasteiger partial charge < -0.3 is 45.0 Å². The van der Waals surface area contributed by atoms with Gasteiger partial charge in [-0.1, -0.05) is 0 Å². The Balaban J connectivity index is 2.32. The number of aromatic nitrogens is 2. The number of phosphoric ester groups is 1. The molecule has 0 amide bonds. The number of hydrogen-bond donors (Lipinski definition) is 8. The molecule has 1 fully saturated rings. The molecule has 0 aromatic carbocycles. The number of nitrogens with two attached hydrogens (primary N) is 1. The van der Waals surface area contributed by atoms with Crippen LogP contribution in [0.4, 0.5) is 5.82 Å². The van der Waals surface area contributed by atoms with Crippen molar-refractivity contribution in [3.63, 3.8) is 0 Å². The molecule has 9 N–H and O–H groups in total. The van der Waals surface area contributed by atoms with Crippen molar-refractivity contribution in [2.24, 2.45) is 0 Å². The minimum Gasteiger partial charge on any atom is -0.398 e. The van der Waals surface area contributed by atoms with Crippen molar-refractivity contribution >= 4 is 29.3 Å². The molecule has 0 radical (unpaired) electrons. The lowest BCUT2D eigenvalue weighted by molar-refractivity contribution is -0.0551. The predicted molar refractivity (Wildman–Crippen MR) is 90.4 cm³/mol. The van der Waals surface area contributed by atoms with E-state index in [9.17, 15) is 33.6 Å². The molecule has 30 heavy (non-hydrogen) atoms. The Kier molecular flexibility index (Phi) is 7.28. The van der Waals surface area contributed by atoms with Gasteiger partial charge in [-0.2, -0.15) is 13.6 Å². The van der Waals surface area contributed by atoms with E-state index in [0.717, 1.165) is 0 Å². The van der Waals surface area contributed by atoms with Gasteiger partial charge in [-0.25, -0.2) is 18.5 Å². The van der Waals surface area contributed by atoms with Gasteiger partial charge >= 0.3 is 29.2 Å². The van der Waals surface area contributed by atoms with Gasteiger partial charge in [0.15, 0.2) is 17.8 Å². The number of ether oxygens (including phenoxy) is 1. The van der Waals surface area contributed by atoms with Crippen LogP contribution in [0.3, 0.4) is 0 Å². The number of phosphoric acid groups is 3. The molecule has 1 aromatic heterocycles. The summed E-state index contributed by atoms with van der Waals surface area (Å²) >= 11 is 0. The molecule has 1 aromatic rings. The maximum atomic E-state index is 12.0. The number of nitrogen functional groups attached to an aromatic ring is 1. The van der Waals surface area contributed by atoms with Gasteiger partial charge in [0.2, 0.25) is 0 Å². The monoisotopic (exact) mass is 499 g/mol. The van der Waals surface area contributed by atoms with Crippen LogP contribution in [0.1, 0.15) is 6.23 Å². The molecule has 18 nitrogen and oxygen atoms in total. The molecule has 1 saturated heterocycles. The van der Waals surface area contributed by atoms with Crippen molar-refractivity contribution in [1.82, 2.24) is 9.55 Å².